The highest BCUT2D eigenvalue weighted by Crippen LogP contribution is 2.32. The van der Waals surface area contributed by atoms with E-state index in [0.717, 1.165) is 11.1 Å². The predicted molar refractivity (Wildman–Crippen MR) is 117 cm³/mol. The molecule has 7 nitrogen and oxygen atoms in total. The number of halogens is 1. The van der Waals surface area contributed by atoms with Gasteiger partial charge >= 0.3 is 0 Å². The summed E-state index contributed by atoms with van der Waals surface area (Å²) in [6.45, 7) is 2.39. The van der Waals surface area contributed by atoms with Gasteiger partial charge in [0.1, 0.15) is 11.6 Å². The molecule has 0 amide bonds. The van der Waals surface area contributed by atoms with Crippen molar-refractivity contribution in [2.24, 2.45) is 0 Å². The van der Waals surface area contributed by atoms with Gasteiger partial charge in [-0.2, -0.15) is 5.10 Å². The number of nitrogens with zero attached hydrogens (tertiary/aromatic N) is 2. The normalized spacial score (nSPS) is 11.7. The number of aliphatic hydroxyl groups is 1. The standard InChI is InChI=1S/C22H24ClN3O4/c1-15(17-8-9-19(30-11-10-27)20(12-17)29-2)25-18-13-24-26(22(28)21(18)23)14-16-6-4-3-5-7-16/h3-9,12-13,15,25,27H,10-11,14H2,1-2H3. The SMILES string of the molecule is COc1cc(C(C)Nc2cnn(Cc3ccccc3)c(=O)c2Cl)ccc1OCCO. The van der Waals surface area contributed by atoms with Crippen LogP contribution in [0.5, 0.6) is 11.5 Å². The van der Waals surface area contributed by atoms with Gasteiger partial charge in [0.2, 0.25) is 0 Å². The van der Waals surface area contributed by atoms with Crippen molar-refractivity contribution >= 4 is 17.3 Å². The molecule has 0 aliphatic rings. The fraction of sp³-hybridized carbons (Fsp3) is 0.273. The molecule has 1 heterocycles. The first-order valence-electron chi connectivity index (χ1n) is 9.51. The molecule has 0 fully saturated rings. The second-order valence-corrected chi connectivity index (χ2v) is 7.05. The Kier molecular flexibility index (Phi) is 7.32. The summed E-state index contributed by atoms with van der Waals surface area (Å²) >= 11 is 6.33. The maximum atomic E-state index is 12.6. The second-order valence-electron chi connectivity index (χ2n) is 6.67. The Balaban J connectivity index is 1.77. The number of hydrogen-bond acceptors (Lipinski definition) is 6. The Labute approximate surface area is 179 Å². The van der Waals surface area contributed by atoms with E-state index in [2.05, 4.69) is 10.4 Å². The summed E-state index contributed by atoms with van der Waals surface area (Å²) in [5, 5.41) is 16.5. The van der Waals surface area contributed by atoms with Crippen LogP contribution in [-0.2, 0) is 6.54 Å². The van der Waals surface area contributed by atoms with Crippen molar-refractivity contribution in [3.05, 3.63) is 81.2 Å². The molecule has 1 aromatic heterocycles. The third-order valence-electron chi connectivity index (χ3n) is 4.57. The maximum Gasteiger partial charge on any atom is 0.287 e. The van der Waals surface area contributed by atoms with E-state index in [9.17, 15) is 4.79 Å². The second kappa shape index (κ2) is 10.1. The van der Waals surface area contributed by atoms with Crippen LogP contribution < -0.4 is 20.3 Å². The summed E-state index contributed by atoms with van der Waals surface area (Å²) in [6.07, 6.45) is 1.55. The lowest BCUT2D eigenvalue weighted by molar-refractivity contribution is 0.196. The summed E-state index contributed by atoms with van der Waals surface area (Å²) in [5.41, 5.74) is 1.97. The van der Waals surface area contributed by atoms with E-state index in [-0.39, 0.29) is 29.8 Å². The first kappa shape index (κ1) is 21.7. The number of nitrogens with one attached hydrogen (secondary N) is 1. The highest BCUT2D eigenvalue weighted by atomic mass is 35.5. The van der Waals surface area contributed by atoms with E-state index in [1.54, 1.807) is 19.4 Å². The minimum absolute atomic E-state index is 0.0792. The molecule has 158 valence electrons. The molecule has 0 aliphatic carbocycles. The summed E-state index contributed by atoms with van der Waals surface area (Å²) in [4.78, 5) is 12.6. The number of aliphatic hydroxyl groups excluding tert-OH is 1. The van der Waals surface area contributed by atoms with Crippen LogP contribution >= 0.6 is 11.6 Å². The van der Waals surface area contributed by atoms with Crippen molar-refractivity contribution in [2.75, 3.05) is 25.6 Å². The van der Waals surface area contributed by atoms with Gasteiger partial charge in [0.15, 0.2) is 11.5 Å². The lowest BCUT2D eigenvalue weighted by Crippen LogP contribution is -2.25. The van der Waals surface area contributed by atoms with Gasteiger partial charge in [-0.1, -0.05) is 48.0 Å². The third kappa shape index (κ3) is 5.11. The predicted octanol–water partition coefficient (Wildman–Crippen LogP) is 3.50. The fourth-order valence-electron chi connectivity index (χ4n) is 2.98. The average Bonchev–Trinajstić information content (AvgIpc) is 2.78. The molecule has 8 heteroatoms. The zero-order valence-corrected chi connectivity index (χ0v) is 17.6. The minimum atomic E-state index is -0.358. The highest BCUT2D eigenvalue weighted by Gasteiger charge is 2.15. The van der Waals surface area contributed by atoms with Crippen LogP contribution in [0.15, 0.2) is 59.5 Å². The lowest BCUT2D eigenvalue weighted by atomic mass is 10.1. The van der Waals surface area contributed by atoms with Crippen LogP contribution in [0.1, 0.15) is 24.1 Å². The summed E-state index contributed by atoms with van der Waals surface area (Å²) in [5.74, 6) is 1.10. The number of ether oxygens (including phenoxy) is 2. The van der Waals surface area contributed by atoms with Gasteiger partial charge in [-0.05, 0) is 30.2 Å². The van der Waals surface area contributed by atoms with Crippen LogP contribution in [0, 0.1) is 0 Å². The molecule has 2 aromatic carbocycles. The zero-order valence-electron chi connectivity index (χ0n) is 16.8. The fourth-order valence-corrected chi connectivity index (χ4v) is 3.18. The van der Waals surface area contributed by atoms with Crippen molar-refractivity contribution in [1.29, 1.82) is 0 Å². The quantitative estimate of drug-likeness (QED) is 0.541. The molecule has 0 radical (unpaired) electrons. The number of anilines is 1. The molecule has 0 spiro atoms. The highest BCUT2D eigenvalue weighted by molar-refractivity contribution is 6.32. The smallest absolute Gasteiger partial charge is 0.287 e. The van der Waals surface area contributed by atoms with E-state index in [1.165, 1.54) is 4.68 Å². The Morgan fingerprint density at radius 3 is 2.67 bits per heavy atom. The van der Waals surface area contributed by atoms with Crippen molar-refractivity contribution < 1.29 is 14.6 Å². The molecule has 1 unspecified atom stereocenters. The molecule has 0 saturated carbocycles. The minimum Gasteiger partial charge on any atom is -0.493 e. The largest absolute Gasteiger partial charge is 0.493 e. The van der Waals surface area contributed by atoms with Gasteiger partial charge < -0.3 is 19.9 Å². The molecule has 0 bridgehead atoms. The first-order valence-corrected chi connectivity index (χ1v) is 9.89. The van der Waals surface area contributed by atoms with Crippen molar-refractivity contribution in [1.82, 2.24) is 9.78 Å². The van der Waals surface area contributed by atoms with E-state index in [0.29, 0.717) is 23.7 Å². The van der Waals surface area contributed by atoms with Gasteiger partial charge in [0.05, 0.1) is 32.1 Å². The van der Waals surface area contributed by atoms with Crippen LogP contribution in [0.2, 0.25) is 5.02 Å². The van der Waals surface area contributed by atoms with Crippen LogP contribution in [0.4, 0.5) is 5.69 Å². The first-order chi connectivity index (χ1) is 14.5. The topological polar surface area (TPSA) is 85.6 Å². The molecule has 2 N–H and O–H groups in total. The number of rotatable bonds is 9. The average molecular weight is 430 g/mol. The molecular formula is C22H24ClN3O4. The van der Waals surface area contributed by atoms with Crippen LogP contribution in [0.25, 0.3) is 0 Å². The molecule has 30 heavy (non-hydrogen) atoms. The molecule has 3 rings (SSSR count). The van der Waals surface area contributed by atoms with Crippen LogP contribution in [0.3, 0.4) is 0 Å². The van der Waals surface area contributed by atoms with E-state index in [1.807, 2.05) is 49.4 Å². The summed E-state index contributed by atoms with van der Waals surface area (Å²) in [7, 11) is 1.55. The Hall–Kier alpha value is -3.03. The molecule has 0 aliphatic heterocycles. The van der Waals surface area contributed by atoms with Crippen molar-refractivity contribution in [3.8, 4) is 11.5 Å². The maximum absolute atomic E-state index is 12.6. The zero-order chi connectivity index (χ0) is 21.5. The van der Waals surface area contributed by atoms with Crippen molar-refractivity contribution in [3.63, 3.8) is 0 Å². The number of hydrogen-bond donors (Lipinski definition) is 2. The van der Waals surface area contributed by atoms with Gasteiger partial charge in [-0.15, -0.1) is 0 Å². The van der Waals surface area contributed by atoms with E-state index >= 15 is 0 Å². The number of methoxy groups -OCH3 is 1. The molecule has 3 aromatic rings. The molecule has 0 saturated heterocycles. The van der Waals surface area contributed by atoms with Gasteiger partial charge in [-0.3, -0.25) is 4.79 Å². The summed E-state index contributed by atoms with van der Waals surface area (Å²) < 4.78 is 12.2. The molecule has 1 atom stereocenters. The van der Waals surface area contributed by atoms with Gasteiger partial charge in [0, 0.05) is 6.04 Å². The van der Waals surface area contributed by atoms with E-state index in [4.69, 9.17) is 26.2 Å². The lowest BCUT2D eigenvalue weighted by Gasteiger charge is -2.19. The monoisotopic (exact) mass is 429 g/mol. The van der Waals surface area contributed by atoms with Gasteiger partial charge in [-0.25, -0.2) is 4.68 Å². The summed E-state index contributed by atoms with van der Waals surface area (Å²) in [6, 6.07) is 14.9. The number of benzene rings is 2. The number of aromatic nitrogens is 2. The van der Waals surface area contributed by atoms with Crippen molar-refractivity contribution in [2.45, 2.75) is 19.5 Å². The van der Waals surface area contributed by atoms with E-state index < -0.39 is 0 Å². The third-order valence-corrected chi connectivity index (χ3v) is 4.93. The Morgan fingerprint density at radius 2 is 1.97 bits per heavy atom. The van der Waals surface area contributed by atoms with Gasteiger partial charge in [0.25, 0.3) is 5.56 Å². The van der Waals surface area contributed by atoms with Crippen LogP contribution in [-0.4, -0.2) is 35.2 Å². The Bertz CT molecular complexity index is 1040. The molecular weight excluding hydrogens is 406 g/mol. The Morgan fingerprint density at radius 1 is 1.20 bits per heavy atom.